The highest BCUT2D eigenvalue weighted by molar-refractivity contribution is 7.99. The zero-order valence-electron chi connectivity index (χ0n) is 13.2. The number of amides is 1. The molecule has 0 aliphatic heterocycles. The molecule has 1 amide bonds. The predicted molar refractivity (Wildman–Crippen MR) is 102 cm³/mol. The van der Waals surface area contributed by atoms with E-state index in [9.17, 15) is 4.79 Å². The van der Waals surface area contributed by atoms with Gasteiger partial charge >= 0.3 is 0 Å². The van der Waals surface area contributed by atoms with Crippen molar-refractivity contribution in [3.05, 3.63) is 51.7 Å². The molecule has 2 heterocycles. The van der Waals surface area contributed by atoms with Gasteiger partial charge in [-0.1, -0.05) is 29.4 Å². The number of halogens is 1. The van der Waals surface area contributed by atoms with Gasteiger partial charge in [0.2, 0.25) is 0 Å². The first-order valence-corrected chi connectivity index (χ1v) is 9.51. The lowest BCUT2D eigenvalue weighted by Gasteiger charge is -2.03. The topological polar surface area (TPSA) is 72.2 Å². The zero-order valence-corrected chi connectivity index (χ0v) is 15.6. The second kappa shape index (κ2) is 8.28. The molecule has 2 aromatic heterocycles. The molecule has 0 atom stereocenters. The zero-order chi connectivity index (χ0) is 17.6. The average molecular weight is 392 g/mol. The smallest absolute Gasteiger partial charge is 0.250 e. The minimum Gasteiger partial charge on any atom is -0.305 e. The lowest BCUT2D eigenvalue weighted by molar-refractivity contribution is -0.118. The molecule has 0 fully saturated rings. The summed E-state index contributed by atoms with van der Waals surface area (Å²) in [6, 6.07) is 11.2. The Hall–Kier alpha value is -2.16. The number of hydrogen-bond donors (Lipinski definition) is 1. The number of aromatic nitrogens is 3. The summed E-state index contributed by atoms with van der Waals surface area (Å²) in [5, 5.41) is 15.5. The summed E-state index contributed by atoms with van der Waals surface area (Å²) in [4.78, 5) is 12.8. The number of thioether (sulfide) groups is 1. The summed E-state index contributed by atoms with van der Waals surface area (Å²) in [5.74, 6) is 0.720. The van der Waals surface area contributed by atoms with Gasteiger partial charge in [0, 0.05) is 22.5 Å². The highest BCUT2D eigenvalue weighted by Gasteiger charge is 2.12. The highest BCUT2D eigenvalue weighted by Crippen LogP contribution is 2.23. The minimum atomic E-state index is -0.200. The molecule has 1 aromatic carbocycles. The van der Waals surface area contributed by atoms with Crippen molar-refractivity contribution >= 4 is 46.8 Å². The third kappa shape index (κ3) is 4.68. The highest BCUT2D eigenvalue weighted by atomic mass is 35.5. The van der Waals surface area contributed by atoms with Crippen LogP contribution in [0.3, 0.4) is 0 Å². The fourth-order valence-electron chi connectivity index (χ4n) is 1.99. The molecule has 25 heavy (non-hydrogen) atoms. The van der Waals surface area contributed by atoms with Gasteiger partial charge in [0.15, 0.2) is 11.0 Å². The molecule has 3 aromatic rings. The largest absolute Gasteiger partial charge is 0.305 e. The number of carbonyl (C=O) groups excluding carboxylic acids is 1. The van der Waals surface area contributed by atoms with Gasteiger partial charge in [-0.25, -0.2) is 5.43 Å². The maximum absolute atomic E-state index is 11.9. The third-order valence-electron chi connectivity index (χ3n) is 3.19. The Kier molecular flexibility index (Phi) is 5.85. The predicted octanol–water partition coefficient (Wildman–Crippen LogP) is 3.44. The first kappa shape index (κ1) is 17.7. The minimum absolute atomic E-state index is 0.200. The lowest BCUT2D eigenvalue weighted by Crippen LogP contribution is -2.19. The quantitative estimate of drug-likeness (QED) is 0.397. The third-order valence-corrected chi connectivity index (χ3v) is 5.27. The van der Waals surface area contributed by atoms with Crippen LogP contribution >= 0.6 is 34.7 Å². The summed E-state index contributed by atoms with van der Waals surface area (Å²) < 4.78 is 1.84. The van der Waals surface area contributed by atoms with Gasteiger partial charge in [-0.15, -0.1) is 21.5 Å². The Morgan fingerprint density at radius 2 is 2.16 bits per heavy atom. The van der Waals surface area contributed by atoms with Gasteiger partial charge in [-0.05, 0) is 35.7 Å². The Bertz CT molecular complexity index is 875. The van der Waals surface area contributed by atoms with Gasteiger partial charge in [-0.3, -0.25) is 4.79 Å². The standard InChI is InChI=1S/C16H14ClN5OS2/c1-22-15(11-4-6-12(17)7-5-11)20-21-16(22)25-10-14(23)19-18-9-13-3-2-8-24-13/h2-9H,10H2,1H3,(H,19,23). The van der Waals surface area contributed by atoms with Gasteiger partial charge in [0.1, 0.15) is 0 Å². The number of benzene rings is 1. The maximum Gasteiger partial charge on any atom is 0.250 e. The molecule has 1 N–H and O–H groups in total. The van der Waals surface area contributed by atoms with Crippen LogP contribution in [-0.4, -0.2) is 32.6 Å². The molecule has 3 rings (SSSR count). The molecule has 128 valence electrons. The number of carbonyl (C=O) groups is 1. The number of rotatable bonds is 6. The molecule has 0 aliphatic rings. The second-order valence-corrected chi connectivity index (χ2v) is 7.33. The molecule has 9 heteroatoms. The maximum atomic E-state index is 11.9. The van der Waals surface area contributed by atoms with Crippen LogP contribution in [0.1, 0.15) is 4.88 Å². The van der Waals surface area contributed by atoms with Crippen LogP contribution in [0, 0.1) is 0 Å². The van der Waals surface area contributed by atoms with Gasteiger partial charge in [0.25, 0.3) is 5.91 Å². The van der Waals surface area contributed by atoms with E-state index in [0.717, 1.165) is 16.3 Å². The van der Waals surface area contributed by atoms with Crippen molar-refractivity contribution in [3.8, 4) is 11.4 Å². The summed E-state index contributed by atoms with van der Waals surface area (Å²) in [6.45, 7) is 0. The van der Waals surface area contributed by atoms with Gasteiger partial charge < -0.3 is 4.57 Å². The molecule has 0 bridgehead atoms. The average Bonchev–Trinajstić information content (AvgIpc) is 3.24. The molecular formula is C16H14ClN5OS2. The normalized spacial score (nSPS) is 11.1. The molecule has 0 spiro atoms. The molecule has 0 saturated carbocycles. The van der Waals surface area contributed by atoms with Crippen molar-refractivity contribution < 1.29 is 4.79 Å². The first-order valence-electron chi connectivity index (χ1n) is 7.27. The summed E-state index contributed by atoms with van der Waals surface area (Å²) in [7, 11) is 1.86. The summed E-state index contributed by atoms with van der Waals surface area (Å²) >= 11 is 8.76. The van der Waals surface area contributed by atoms with Gasteiger partial charge in [-0.2, -0.15) is 5.10 Å². The molecule has 0 aliphatic carbocycles. The fourth-order valence-corrected chi connectivity index (χ4v) is 3.40. The van der Waals surface area contributed by atoms with Crippen LogP contribution < -0.4 is 5.43 Å². The first-order chi connectivity index (χ1) is 12.1. The van der Waals surface area contributed by atoms with E-state index in [1.165, 1.54) is 11.8 Å². The van der Waals surface area contributed by atoms with Crippen LogP contribution in [0.5, 0.6) is 0 Å². The van der Waals surface area contributed by atoms with Crippen molar-refractivity contribution in [2.75, 3.05) is 5.75 Å². The van der Waals surface area contributed by atoms with Gasteiger partial charge in [0.05, 0.1) is 12.0 Å². The molecular weight excluding hydrogens is 378 g/mol. The van der Waals surface area contributed by atoms with Crippen molar-refractivity contribution in [2.24, 2.45) is 12.1 Å². The van der Waals surface area contributed by atoms with E-state index in [1.54, 1.807) is 29.7 Å². The van der Waals surface area contributed by atoms with E-state index in [2.05, 4.69) is 20.7 Å². The van der Waals surface area contributed by atoms with Crippen LogP contribution in [0.4, 0.5) is 0 Å². The van der Waals surface area contributed by atoms with Crippen molar-refractivity contribution in [3.63, 3.8) is 0 Å². The number of nitrogens with zero attached hydrogens (tertiary/aromatic N) is 4. The summed E-state index contributed by atoms with van der Waals surface area (Å²) in [5.41, 5.74) is 3.41. The summed E-state index contributed by atoms with van der Waals surface area (Å²) in [6.07, 6.45) is 1.62. The van der Waals surface area contributed by atoms with Crippen LogP contribution in [0.2, 0.25) is 5.02 Å². The molecule has 0 saturated heterocycles. The van der Waals surface area contributed by atoms with E-state index >= 15 is 0 Å². The van der Waals surface area contributed by atoms with Crippen molar-refractivity contribution in [2.45, 2.75) is 5.16 Å². The van der Waals surface area contributed by atoms with Crippen molar-refractivity contribution in [1.29, 1.82) is 0 Å². The number of hydrazone groups is 1. The Morgan fingerprint density at radius 3 is 2.88 bits per heavy atom. The Morgan fingerprint density at radius 1 is 1.36 bits per heavy atom. The molecule has 0 radical (unpaired) electrons. The molecule has 6 nitrogen and oxygen atoms in total. The lowest BCUT2D eigenvalue weighted by atomic mass is 10.2. The number of hydrogen-bond acceptors (Lipinski definition) is 6. The van der Waals surface area contributed by atoms with Crippen LogP contribution in [0.15, 0.2) is 52.0 Å². The fraction of sp³-hybridized carbons (Fsp3) is 0.125. The Balaban J connectivity index is 1.56. The monoisotopic (exact) mass is 391 g/mol. The van der Waals surface area contributed by atoms with Crippen LogP contribution in [-0.2, 0) is 11.8 Å². The number of nitrogens with one attached hydrogen (secondary N) is 1. The van der Waals surface area contributed by atoms with E-state index < -0.39 is 0 Å². The SMILES string of the molecule is Cn1c(SCC(=O)NN=Cc2cccs2)nnc1-c1ccc(Cl)cc1. The van der Waals surface area contributed by atoms with Crippen molar-refractivity contribution in [1.82, 2.24) is 20.2 Å². The van der Waals surface area contributed by atoms with E-state index in [-0.39, 0.29) is 11.7 Å². The molecule has 0 unspecified atom stereocenters. The van der Waals surface area contributed by atoms with Crippen LogP contribution in [0.25, 0.3) is 11.4 Å². The second-order valence-electron chi connectivity index (χ2n) is 4.97. The number of thiophene rings is 1. The van der Waals surface area contributed by atoms with E-state index in [1.807, 2.05) is 41.3 Å². The Labute approximate surface area is 157 Å². The van der Waals surface area contributed by atoms with E-state index in [0.29, 0.717) is 10.2 Å². The van der Waals surface area contributed by atoms with E-state index in [4.69, 9.17) is 11.6 Å².